The molecular weight excluding hydrogens is 332 g/mol. The van der Waals surface area contributed by atoms with Crippen LogP contribution in [0.2, 0.25) is 0 Å². The minimum atomic E-state index is -0.428. The predicted molar refractivity (Wildman–Crippen MR) is 96.7 cm³/mol. The molecule has 0 bridgehead atoms. The van der Waals surface area contributed by atoms with E-state index in [9.17, 15) is 9.59 Å². The molecule has 0 radical (unpaired) electrons. The van der Waals surface area contributed by atoms with Crippen LogP contribution in [0.3, 0.4) is 0 Å². The smallest absolute Gasteiger partial charge is 0.408 e. The first kappa shape index (κ1) is 16.5. The minimum absolute atomic E-state index is 0.0255. The monoisotopic (exact) mass is 352 g/mol. The molecule has 7 nitrogen and oxygen atoms in total. The lowest BCUT2D eigenvalue weighted by Gasteiger charge is -2.36. The Morgan fingerprint density at radius 3 is 3.00 bits per heavy atom. The molecule has 3 heterocycles. The fourth-order valence-electron chi connectivity index (χ4n) is 3.45. The van der Waals surface area contributed by atoms with Crippen LogP contribution in [0.25, 0.3) is 11.1 Å². The maximum atomic E-state index is 12.9. The molecule has 2 aromatic heterocycles. The fraction of sp³-hybridized carbons (Fsp3) is 0.316. The Bertz CT molecular complexity index is 964. The minimum Gasteiger partial charge on any atom is -0.408 e. The first-order valence-electron chi connectivity index (χ1n) is 8.72. The van der Waals surface area contributed by atoms with Gasteiger partial charge in [-0.05, 0) is 23.8 Å². The van der Waals surface area contributed by atoms with E-state index < -0.39 is 5.76 Å². The van der Waals surface area contributed by atoms with Gasteiger partial charge in [-0.15, -0.1) is 0 Å². The SMILES string of the molecule is O=C(CCn1c(=O)oc2ccccc21)N1CCNCC1c1cccnc1. The molecule has 1 unspecified atom stereocenters. The molecule has 1 saturated heterocycles. The lowest BCUT2D eigenvalue weighted by atomic mass is 10.0. The average Bonchev–Trinajstić information content (AvgIpc) is 3.02. The van der Waals surface area contributed by atoms with Gasteiger partial charge in [0.05, 0.1) is 11.6 Å². The molecule has 1 atom stereocenters. The molecule has 0 aliphatic carbocycles. The van der Waals surface area contributed by atoms with E-state index in [2.05, 4.69) is 10.3 Å². The van der Waals surface area contributed by atoms with Crippen LogP contribution in [0.5, 0.6) is 0 Å². The molecule has 0 spiro atoms. The maximum absolute atomic E-state index is 12.9. The van der Waals surface area contributed by atoms with Gasteiger partial charge < -0.3 is 14.6 Å². The number of rotatable bonds is 4. The molecule has 0 saturated carbocycles. The van der Waals surface area contributed by atoms with Gasteiger partial charge in [-0.2, -0.15) is 0 Å². The third kappa shape index (κ3) is 3.13. The Morgan fingerprint density at radius 1 is 1.27 bits per heavy atom. The third-order valence-corrected chi connectivity index (χ3v) is 4.76. The van der Waals surface area contributed by atoms with Crippen LogP contribution in [0.1, 0.15) is 18.0 Å². The molecule has 3 aromatic rings. The Morgan fingerprint density at radius 2 is 2.15 bits per heavy atom. The van der Waals surface area contributed by atoms with Crippen molar-refractivity contribution in [3.05, 3.63) is 64.9 Å². The lowest BCUT2D eigenvalue weighted by molar-refractivity contribution is -0.134. The number of carbonyl (C=O) groups excluding carboxylic acids is 1. The second kappa shape index (κ2) is 7.13. The Kier molecular flexibility index (Phi) is 4.53. The van der Waals surface area contributed by atoms with Gasteiger partial charge in [-0.25, -0.2) is 4.79 Å². The van der Waals surface area contributed by atoms with E-state index in [-0.39, 0.29) is 18.4 Å². The molecule has 26 heavy (non-hydrogen) atoms. The van der Waals surface area contributed by atoms with Crippen LogP contribution >= 0.6 is 0 Å². The molecule has 1 N–H and O–H groups in total. The summed E-state index contributed by atoms with van der Waals surface area (Å²) in [4.78, 5) is 31.0. The van der Waals surface area contributed by atoms with Gasteiger partial charge in [-0.3, -0.25) is 14.3 Å². The van der Waals surface area contributed by atoms with Crippen molar-refractivity contribution in [3.8, 4) is 0 Å². The number of fused-ring (bicyclic) bond motifs is 1. The van der Waals surface area contributed by atoms with Crippen molar-refractivity contribution in [1.82, 2.24) is 19.8 Å². The highest BCUT2D eigenvalue weighted by Crippen LogP contribution is 2.22. The number of nitrogens with one attached hydrogen (secondary N) is 1. The summed E-state index contributed by atoms with van der Waals surface area (Å²) in [5, 5.41) is 3.33. The van der Waals surface area contributed by atoms with Crippen LogP contribution in [-0.2, 0) is 11.3 Å². The summed E-state index contributed by atoms with van der Waals surface area (Å²) in [7, 11) is 0. The van der Waals surface area contributed by atoms with E-state index in [4.69, 9.17) is 4.42 Å². The summed E-state index contributed by atoms with van der Waals surface area (Å²) in [6.07, 6.45) is 3.77. The molecule has 7 heteroatoms. The zero-order valence-corrected chi connectivity index (χ0v) is 14.3. The summed E-state index contributed by atoms with van der Waals surface area (Å²) >= 11 is 0. The fourth-order valence-corrected chi connectivity index (χ4v) is 3.45. The molecular formula is C19H20N4O3. The van der Waals surface area contributed by atoms with E-state index >= 15 is 0 Å². The standard InChI is InChI=1S/C19H20N4O3/c24-18(7-10-23-15-5-1-2-6-17(15)26-19(23)25)22-11-9-21-13-16(22)14-4-3-8-20-12-14/h1-6,8,12,16,21H,7,9-11,13H2. The van der Waals surface area contributed by atoms with Crippen LogP contribution in [0.4, 0.5) is 0 Å². The van der Waals surface area contributed by atoms with Crippen LogP contribution < -0.4 is 11.1 Å². The number of aromatic nitrogens is 2. The molecule has 1 fully saturated rings. The number of oxazole rings is 1. The number of benzene rings is 1. The van der Waals surface area contributed by atoms with Crippen molar-refractivity contribution in [2.75, 3.05) is 19.6 Å². The normalized spacial score (nSPS) is 17.5. The number of para-hydroxylation sites is 2. The number of nitrogens with zero attached hydrogens (tertiary/aromatic N) is 3. The number of pyridine rings is 1. The van der Waals surface area contributed by atoms with E-state index in [0.29, 0.717) is 25.2 Å². The molecule has 4 rings (SSSR count). The van der Waals surface area contributed by atoms with Crippen molar-refractivity contribution >= 4 is 17.0 Å². The second-order valence-electron chi connectivity index (χ2n) is 6.33. The second-order valence-corrected chi connectivity index (χ2v) is 6.33. The highest BCUT2D eigenvalue weighted by Gasteiger charge is 2.27. The molecule has 134 valence electrons. The van der Waals surface area contributed by atoms with Crippen molar-refractivity contribution in [2.24, 2.45) is 0 Å². The first-order valence-corrected chi connectivity index (χ1v) is 8.72. The number of amides is 1. The van der Waals surface area contributed by atoms with Gasteiger partial charge in [0.15, 0.2) is 5.58 Å². The van der Waals surface area contributed by atoms with Gasteiger partial charge in [-0.1, -0.05) is 18.2 Å². The predicted octanol–water partition coefficient (Wildman–Crippen LogP) is 1.55. The zero-order chi connectivity index (χ0) is 17.9. The highest BCUT2D eigenvalue weighted by atomic mass is 16.4. The summed E-state index contributed by atoms with van der Waals surface area (Å²) in [5.41, 5.74) is 2.27. The van der Waals surface area contributed by atoms with Crippen LogP contribution in [0.15, 0.2) is 58.0 Å². The van der Waals surface area contributed by atoms with Crippen molar-refractivity contribution in [2.45, 2.75) is 19.0 Å². The van der Waals surface area contributed by atoms with E-state index in [0.717, 1.165) is 17.6 Å². The lowest BCUT2D eigenvalue weighted by Crippen LogP contribution is -2.49. The quantitative estimate of drug-likeness (QED) is 0.771. The Hall–Kier alpha value is -2.93. The summed E-state index contributed by atoms with van der Waals surface area (Å²) in [5.74, 6) is -0.402. The van der Waals surface area contributed by atoms with Gasteiger partial charge >= 0.3 is 5.76 Å². The van der Waals surface area contributed by atoms with Crippen molar-refractivity contribution in [3.63, 3.8) is 0 Å². The molecule has 1 aromatic carbocycles. The Balaban J connectivity index is 1.51. The van der Waals surface area contributed by atoms with Crippen molar-refractivity contribution in [1.29, 1.82) is 0 Å². The van der Waals surface area contributed by atoms with Crippen LogP contribution in [0, 0.1) is 0 Å². The highest BCUT2D eigenvalue weighted by molar-refractivity contribution is 5.77. The van der Waals surface area contributed by atoms with E-state index in [1.807, 2.05) is 35.2 Å². The third-order valence-electron chi connectivity index (χ3n) is 4.76. The number of carbonyl (C=O) groups is 1. The zero-order valence-electron chi connectivity index (χ0n) is 14.3. The summed E-state index contributed by atoms with van der Waals surface area (Å²) in [6.45, 7) is 2.40. The molecule has 1 amide bonds. The van der Waals surface area contributed by atoms with E-state index in [1.165, 1.54) is 4.57 Å². The average molecular weight is 352 g/mol. The van der Waals surface area contributed by atoms with Crippen molar-refractivity contribution < 1.29 is 9.21 Å². The van der Waals surface area contributed by atoms with Gasteiger partial charge in [0.25, 0.3) is 0 Å². The van der Waals surface area contributed by atoms with Gasteiger partial charge in [0, 0.05) is 45.0 Å². The largest absolute Gasteiger partial charge is 0.419 e. The number of hydrogen-bond donors (Lipinski definition) is 1. The topological polar surface area (TPSA) is 80.4 Å². The van der Waals surface area contributed by atoms with Gasteiger partial charge in [0.1, 0.15) is 0 Å². The number of hydrogen-bond acceptors (Lipinski definition) is 5. The molecule has 1 aliphatic rings. The van der Waals surface area contributed by atoms with E-state index in [1.54, 1.807) is 18.5 Å². The van der Waals surface area contributed by atoms with Gasteiger partial charge in [0.2, 0.25) is 5.91 Å². The Labute approximate surface area is 150 Å². The number of piperazine rings is 1. The first-order chi connectivity index (χ1) is 12.7. The number of aryl methyl sites for hydroxylation is 1. The van der Waals surface area contributed by atoms with Crippen LogP contribution in [-0.4, -0.2) is 40.0 Å². The maximum Gasteiger partial charge on any atom is 0.419 e. The summed E-state index contributed by atoms with van der Waals surface area (Å²) < 4.78 is 6.75. The summed E-state index contributed by atoms with van der Waals surface area (Å²) in [6, 6.07) is 11.1. The molecule has 1 aliphatic heterocycles.